The van der Waals surface area contributed by atoms with Gasteiger partial charge in [0.15, 0.2) is 0 Å². The summed E-state index contributed by atoms with van der Waals surface area (Å²) in [4.78, 5) is 7.77. The lowest BCUT2D eigenvalue weighted by Crippen LogP contribution is -2.29. The van der Waals surface area contributed by atoms with E-state index in [1.165, 1.54) is 30.7 Å². The normalized spacial score (nSPS) is 10.1. The molecule has 17 heavy (non-hydrogen) atoms. The van der Waals surface area contributed by atoms with Crippen molar-refractivity contribution < 1.29 is 14.8 Å². The molecule has 0 unspecified atom stereocenters. The molecule has 0 saturated carbocycles. The van der Waals surface area contributed by atoms with Gasteiger partial charge in [-0.1, -0.05) is 17.7 Å². The Morgan fingerprint density at radius 2 is 2.00 bits per heavy atom. The third-order valence-electron chi connectivity index (χ3n) is 1.96. The predicted octanol–water partition coefficient (Wildman–Crippen LogP) is 0.602. The Kier molecular flexibility index (Phi) is 3.58. The second-order valence-electron chi connectivity index (χ2n) is 3.24. The Balaban J connectivity index is 2.14. The summed E-state index contributed by atoms with van der Waals surface area (Å²) in [5.41, 5.74) is 0.293. The lowest BCUT2D eigenvalue weighted by Gasteiger charge is -2.05. The summed E-state index contributed by atoms with van der Waals surface area (Å²) in [6, 6.07) is 4.63. The second kappa shape index (κ2) is 5.14. The van der Waals surface area contributed by atoms with Crippen molar-refractivity contribution in [3.05, 3.63) is 41.8 Å². The molecule has 2 aromatic heterocycles. The first-order chi connectivity index (χ1) is 8.15. The molecule has 0 aliphatic heterocycles. The molecule has 0 spiro atoms. The maximum Gasteiger partial charge on any atom is 0.490 e. The standard InChI is InChI=1S/C10H8BClN2O3/c12-8-3-9(6-13-5-8)17-10-2-1-7(4-14-10)11(15)16/h1-6,15-16H. The molecule has 2 N–H and O–H groups in total. The highest BCUT2D eigenvalue weighted by Gasteiger charge is 2.11. The lowest BCUT2D eigenvalue weighted by atomic mass is 9.82. The van der Waals surface area contributed by atoms with Crippen LogP contribution in [0.1, 0.15) is 0 Å². The van der Waals surface area contributed by atoms with Gasteiger partial charge in [0.05, 0.1) is 11.2 Å². The molecule has 0 aliphatic carbocycles. The van der Waals surface area contributed by atoms with Crippen LogP contribution in [0.3, 0.4) is 0 Å². The van der Waals surface area contributed by atoms with Gasteiger partial charge < -0.3 is 14.8 Å². The van der Waals surface area contributed by atoms with Crippen LogP contribution < -0.4 is 10.2 Å². The van der Waals surface area contributed by atoms with E-state index >= 15 is 0 Å². The van der Waals surface area contributed by atoms with Crippen LogP contribution in [0, 0.1) is 0 Å². The molecule has 0 atom stereocenters. The minimum Gasteiger partial charge on any atom is -0.437 e. The van der Waals surface area contributed by atoms with E-state index in [9.17, 15) is 0 Å². The monoisotopic (exact) mass is 250 g/mol. The Labute approximate surface area is 103 Å². The molecule has 0 bridgehead atoms. The quantitative estimate of drug-likeness (QED) is 0.780. The zero-order valence-electron chi connectivity index (χ0n) is 8.62. The molecule has 2 heterocycles. The Morgan fingerprint density at radius 3 is 2.59 bits per heavy atom. The number of pyridine rings is 2. The maximum atomic E-state index is 8.89. The minimum absolute atomic E-state index is 0.293. The van der Waals surface area contributed by atoms with Crippen molar-refractivity contribution in [3.63, 3.8) is 0 Å². The topological polar surface area (TPSA) is 75.5 Å². The van der Waals surface area contributed by atoms with Crippen molar-refractivity contribution in [1.29, 1.82) is 0 Å². The summed E-state index contributed by atoms with van der Waals surface area (Å²) >= 11 is 5.75. The van der Waals surface area contributed by atoms with E-state index in [2.05, 4.69) is 9.97 Å². The van der Waals surface area contributed by atoms with Crippen LogP contribution in [0.4, 0.5) is 0 Å². The maximum absolute atomic E-state index is 8.89. The van der Waals surface area contributed by atoms with Crippen LogP contribution in [-0.4, -0.2) is 27.1 Å². The number of hydrogen-bond acceptors (Lipinski definition) is 5. The Bertz CT molecular complexity index is 507. The second-order valence-corrected chi connectivity index (χ2v) is 3.68. The summed E-state index contributed by atoms with van der Waals surface area (Å²) in [7, 11) is -1.54. The third-order valence-corrected chi connectivity index (χ3v) is 2.17. The van der Waals surface area contributed by atoms with Gasteiger partial charge in [0.25, 0.3) is 0 Å². The smallest absolute Gasteiger partial charge is 0.437 e. The molecule has 0 fully saturated rings. The van der Waals surface area contributed by atoms with E-state index in [-0.39, 0.29) is 0 Å². The molecular weight excluding hydrogens is 242 g/mol. The van der Waals surface area contributed by atoms with Gasteiger partial charge in [0.2, 0.25) is 5.88 Å². The third kappa shape index (κ3) is 3.16. The number of aromatic nitrogens is 2. The van der Waals surface area contributed by atoms with E-state index in [1.54, 1.807) is 6.07 Å². The van der Waals surface area contributed by atoms with Gasteiger partial charge in [0, 0.05) is 30.0 Å². The van der Waals surface area contributed by atoms with Crippen molar-refractivity contribution in [2.45, 2.75) is 0 Å². The number of hydrogen-bond donors (Lipinski definition) is 2. The minimum atomic E-state index is -1.54. The largest absolute Gasteiger partial charge is 0.490 e. The van der Waals surface area contributed by atoms with Crippen LogP contribution in [0.5, 0.6) is 11.6 Å². The van der Waals surface area contributed by atoms with Crippen LogP contribution in [0.2, 0.25) is 5.02 Å². The molecule has 0 aliphatic rings. The Morgan fingerprint density at radius 1 is 1.18 bits per heavy atom. The van der Waals surface area contributed by atoms with Crippen molar-refractivity contribution in [2.75, 3.05) is 0 Å². The molecule has 7 heteroatoms. The fourth-order valence-corrected chi connectivity index (χ4v) is 1.34. The van der Waals surface area contributed by atoms with Gasteiger partial charge in [0.1, 0.15) is 5.75 Å². The number of halogens is 1. The summed E-state index contributed by atoms with van der Waals surface area (Å²) in [5, 5.41) is 18.2. The molecule has 0 aromatic carbocycles. The first kappa shape index (κ1) is 11.8. The molecule has 0 radical (unpaired) electrons. The molecular formula is C10H8BClN2O3. The number of ether oxygens (including phenoxy) is 1. The SMILES string of the molecule is OB(O)c1ccc(Oc2cncc(Cl)c2)nc1. The van der Waals surface area contributed by atoms with Crippen molar-refractivity contribution >= 4 is 24.2 Å². The van der Waals surface area contributed by atoms with Crippen LogP contribution in [0.15, 0.2) is 36.8 Å². The highest BCUT2D eigenvalue weighted by molar-refractivity contribution is 6.58. The van der Waals surface area contributed by atoms with E-state index in [4.69, 9.17) is 26.4 Å². The molecule has 5 nitrogen and oxygen atoms in total. The van der Waals surface area contributed by atoms with Gasteiger partial charge in [-0.3, -0.25) is 4.98 Å². The molecule has 86 valence electrons. The molecule has 2 aromatic rings. The number of rotatable bonds is 3. The average Bonchev–Trinajstić information content (AvgIpc) is 2.29. The summed E-state index contributed by atoms with van der Waals surface area (Å²) < 4.78 is 5.37. The molecule has 0 saturated heterocycles. The predicted molar refractivity (Wildman–Crippen MR) is 63.4 cm³/mol. The molecule has 2 rings (SSSR count). The van der Waals surface area contributed by atoms with Gasteiger partial charge >= 0.3 is 7.12 Å². The highest BCUT2D eigenvalue weighted by atomic mass is 35.5. The lowest BCUT2D eigenvalue weighted by molar-refractivity contribution is 0.425. The van der Waals surface area contributed by atoms with Crippen molar-refractivity contribution in [1.82, 2.24) is 9.97 Å². The van der Waals surface area contributed by atoms with E-state index in [1.807, 2.05) is 0 Å². The van der Waals surface area contributed by atoms with Crippen LogP contribution in [-0.2, 0) is 0 Å². The van der Waals surface area contributed by atoms with Crippen LogP contribution >= 0.6 is 11.6 Å². The fraction of sp³-hybridized carbons (Fsp3) is 0. The van der Waals surface area contributed by atoms with E-state index < -0.39 is 7.12 Å². The zero-order chi connectivity index (χ0) is 12.3. The van der Waals surface area contributed by atoms with Gasteiger partial charge in [-0.15, -0.1) is 0 Å². The average molecular weight is 250 g/mol. The van der Waals surface area contributed by atoms with Crippen LogP contribution in [0.25, 0.3) is 0 Å². The summed E-state index contributed by atoms with van der Waals surface area (Å²) in [5.74, 6) is 0.778. The van der Waals surface area contributed by atoms with E-state index in [0.29, 0.717) is 22.1 Å². The van der Waals surface area contributed by atoms with Gasteiger partial charge in [-0.05, 0) is 0 Å². The fourth-order valence-electron chi connectivity index (χ4n) is 1.17. The van der Waals surface area contributed by atoms with Gasteiger partial charge in [-0.2, -0.15) is 0 Å². The summed E-state index contributed by atoms with van der Waals surface area (Å²) in [6.45, 7) is 0. The highest BCUT2D eigenvalue weighted by Crippen LogP contribution is 2.20. The molecule has 0 amide bonds. The first-order valence-electron chi connectivity index (χ1n) is 4.75. The zero-order valence-corrected chi connectivity index (χ0v) is 9.37. The van der Waals surface area contributed by atoms with Gasteiger partial charge in [-0.25, -0.2) is 4.98 Å². The van der Waals surface area contributed by atoms with Crippen molar-refractivity contribution in [2.24, 2.45) is 0 Å². The van der Waals surface area contributed by atoms with E-state index in [0.717, 1.165) is 0 Å². The van der Waals surface area contributed by atoms with Crippen molar-refractivity contribution in [3.8, 4) is 11.6 Å². The first-order valence-corrected chi connectivity index (χ1v) is 5.13. The number of nitrogens with zero attached hydrogens (tertiary/aromatic N) is 2. The Hall–Kier alpha value is -1.63. The summed E-state index contributed by atoms with van der Waals surface area (Å²) in [6.07, 6.45) is 4.31.